The van der Waals surface area contributed by atoms with Gasteiger partial charge in [-0.05, 0) is 52.0 Å². The Balaban J connectivity index is 1.63. The number of nitro benzene ring substituents is 1. The van der Waals surface area contributed by atoms with Gasteiger partial charge in [-0.15, -0.1) is 0 Å². The SMILES string of the molecule is COC(=O)c1cc(O[C@H]2CC[C@@H](C(=O)N(CCNC(=O)OCc3ccccc3)C(=O)OC(C)(C)C)CC2)c(OC)cc1[N+](=O)[O-]. The first-order chi connectivity index (χ1) is 21.3. The topological polar surface area (TPSA) is 173 Å². The zero-order chi connectivity index (χ0) is 33.1. The predicted octanol–water partition coefficient (Wildman–Crippen LogP) is 5.02. The molecule has 0 aromatic heterocycles. The molecule has 0 unspecified atom stereocenters. The molecule has 3 rings (SSSR count). The summed E-state index contributed by atoms with van der Waals surface area (Å²) in [5.74, 6) is -1.67. The van der Waals surface area contributed by atoms with Crippen LogP contribution in [0.5, 0.6) is 11.5 Å². The summed E-state index contributed by atoms with van der Waals surface area (Å²) in [5.41, 5.74) is -0.807. The van der Waals surface area contributed by atoms with E-state index in [0.29, 0.717) is 25.7 Å². The van der Waals surface area contributed by atoms with E-state index in [2.05, 4.69) is 10.1 Å². The van der Waals surface area contributed by atoms with Crippen molar-refractivity contribution in [2.24, 2.45) is 5.92 Å². The second kappa shape index (κ2) is 15.7. The number of nitrogens with zero attached hydrogens (tertiary/aromatic N) is 2. The van der Waals surface area contributed by atoms with Crippen molar-refractivity contribution in [2.45, 2.75) is 64.8 Å². The number of carbonyl (C=O) groups excluding carboxylic acids is 4. The van der Waals surface area contributed by atoms with Crippen molar-refractivity contribution in [1.82, 2.24) is 10.2 Å². The second-order valence-corrected chi connectivity index (χ2v) is 11.3. The number of amides is 3. The summed E-state index contributed by atoms with van der Waals surface area (Å²) < 4.78 is 26.7. The van der Waals surface area contributed by atoms with Crippen molar-refractivity contribution in [3.8, 4) is 11.5 Å². The molecule has 0 spiro atoms. The molecule has 2 aromatic carbocycles. The Kier molecular flexibility index (Phi) is 12.1. The number of imide groups is 1. The summed E-state index contributed by atoms with van der Waals surface area (Å²) in [7, 11) is 2.44. The molecular weight excluding hydrogens is 590 g/mol. The van der Waals surface area contributed by atoms with Crippen molar-refractivity contribution >= 4 is 29.8 Å². The number of nitrogens with one attached hydrogen (secondary N) is 1. The summed E-state index contributed by atoms with van der Waals surface area (Å²) in [6.07, 6.45) is -0.345. The van der Waals surface area contributed by atoms with Gasteiger partial charge >= 0.3 is 18.2 Å². The lowest BCUT2D eigenvalue weighted by Crippen LogP contribution is -2.47. The van der Waals surface area contributed by atoms with E-state index in [1.165, 1.54) is 13.2 Å². The van der Waals surface area contributed by atoms with Gasteiger partial charge in [-0.25, -0.2) is 19.3 Å². The number of hydrogen-bond donors (Lipinski definition) is 1. The number of methoxy groups -OCH3 is 2. The molecule has 2 aromatic rings. The van der Waals surface area contributed by atoms with Gasteiger partial charge < -0.3 is 29.0 Å². The Hall–Kier alpha value is -4.88. The van der Waals surface area contributed by atoms with Crippen LogP contribution in [0.4, 0.5) is 15.3 Å². The summed E-state index contributed by atoms with van der Waals surface area (Å²) in [6.45, 7) is 4.97. The van der Waals surface area contributed by atoms with Crippen LogP contribution in [0.2, 0.25) is 0 Å². The fourth-order valence-corrected chi connectivity index (χ4v) is 4.71. The molecule has 1 aliphatic rings. The van der Waals surface area contributed by atoms with E-state index in [9.17, 15) is 29.3 Å². The Morgan fingerprint density at radius 3 is 2.24 bits per heavy atom. The van der Waals surface area contributed by atoms with Crippen LogP contribution in [-0.4, -0.2) is 72.9 Å². The Bertz CT molecular complexity index is 1370. The molecule has 244 valence electrons. The summed E-state index contributed by atoms with van der Waals surface area (Å²) in [4.78, 5) is 62.7. The molecule has 0 radical (unpaired) electrons. The second-order valence-electron chi connectivity index (χ2n) is 11.3. The zero-order valence-electron chi connectivity index (χ0n) is 26.0. The minimum atomic E-state index is -0.898. The number of rotatable bonds is 11. The molecule has 0 saturated heterocycles. The number of benzene rings is 2. The molecule has 3 amide bonds. The number of esters is 1. The van der Waals surface area contributed by atoms with Crippen LogP contribution in [0.15, 0.2) is 42.5 Å². The third-order valence-corrected chi connectivity index (χ3v) is 6.90. The molecule has 14 heteroatoms. The van der Waals surface area contributed by atoms with E-state index in [4.69, 9.17) is 18.9 Å². The molecule has 0 bridgehead atoms. The van der Waals surface area contributed by atoms with Crippen LogP contribution in [0, 0.1) is 16.0 Å². The quantitative estimate of drug-likeness (QED) is 0.153. The molecule has 45 heavy (non-hydrogen) atoms. The van der Waals surface area contributed by atoms with Crippen LogP contribution in [0.25, 0.3) is 0 Å². The molecule has 0 atom stereocenters. The van der Waals surface area contributed by atoms with Crippen molar-refractivity contribution in [3.05, 3.63) is 63.7 Å². The fourth-order valence-electron chi connectivity index (χ4n) is 4.71. The molecule has 1 fully saturated rings. The Morgan fingerprint density at radius 2 is 1.67 bits per heavy atom. The lowest BCUT2D eigenvalue weighted by molar-refractivity contribution is -0.385. The Labute approximate surface area is 261 Å². The summed E-state index contributed by atoms with van der Waals surface area (Å²) >= 11 is 0. The number of ether oxygens (including phenoxy) is 5. The first-order valence-corrected chi connectivity index (χ1v) is 14.4. The standard InChI is InChI=1S/C31H39N3O11/c1-31(2,3)45-30(38)33(16-15-32-29(37)43-19-20-9-7-6-8-10-20)27(35)21-11-13-22(14-12-21)44-26-17-23(28(36)42-5)24(34(39)40)18-25(26)41-4/h6-10,17-18,21-22H,11-16,19H2,1-5H3,(H,32,37)/t21-,22+. The Morgan fingerprint density at radius 1 is 1.00 bits per heavy atom. The minimum absolute atomic E-state index is 0.0421. The smallest absolute Gasteiger partial charge is 0.417 e. The number of alkyl carbamates (subject to hydrolysis) is 1. The fraction of sp³-hybridized carbons (Fsp3) is 0.484. The summed E-state index contributed by atoms with van der Waals surface area (Å²) in [6, 6.07) is 11.4. The van der Waals surface area contributed by atoms with Gasteiger partial charge in [-0.1, -0.05) is 30.3 Å². The molecule has 1 N–H and O–H groups in total. The lowest BCUT2D eigenvalue weighted by Gasteiger charge is -2.32. The first-order valence-electron chi connectivity index (χ1n) is 14.4. The highest BCUT2D eigenvalue weighted by molar-refractivity contribution is 5.95. The van der Waals surface area contributed by atoms with Gasteiger partial charge in [0.2, 0.25) is 5.91 Å². The molecule has 0 aliphatic heterocycles. The van der Waals surface area contributed by atoms with Gasteiger partial charge in [0.25, 0.3) is 5.69 Å². The maximum atomic E-state index is 13.5. The molecular formula is C31H39N3O11. The number of carbonyl (C=O) groups is 4. The van der Waals surface area contributed by atoms with E-state index in [1.807, 2.05) is 30.3 Å². The van der Waals surface area contributed by atoms with Crippen molar-refractivity contribution in [3.63, 3.8) is 0 Å². The van der Waals surface area contributed by atoms with Crippen molar-refractivity contribution in [1.29, 1.82) is 0 Å². The van der Waals surface area contributed by atoms with Crippen LogP contribution in [-0.2, 0) is 25.6 Å². The van der Waals surface area contributed by atoms with Crippen LogP contribution in [0.3, 0.4) is 0 Å². The van der Waals surface area contributed by atoms with Crippen LogP contribution < -0.4 is 14.8 Å². The highest BCUT2D eigenvalue weighted by Crippen LogP contribution is 2.38. The number of nitro groups is 1. The predicted molar refractivity (Wildman–Crippen MR) is 160 cm³/mol. The highest BCUT2D eigenvalue weighted by Gasteiger charge is 2.35. The van der Waals surface area contributed by atoms with Crippen molar-refractivity contribution < 1.29 is 47.8 Å². The largest absolute Gasteiger partial charge is 0.493 e. The van der Waals surface area contributed by atoms with Crippen molar-refractivity contribution in [2.75, 3.05) is 27.3 Å². The van der Waals surface area contributed by atoms with E-state index in [-0.39, 0.29) is 36.8 Å². The average Bonchev–Trinajstić information content (AvgIpc) is 3.01. The zero-order valence-corrected chi connectivity index (χ0v) is 26.0. The third kappa shape index (κ3) is 10.1. The molecule has 1 saturated carbocycles. The minimum Gasteiger partial charge on any atom is -0.493 e. The average molecular weight is 630 g/mol. The van der Waals surface area contributed by atoms with E-state index in [0.717, 1.165) is 23.6 Å². The first kappa shape index (κ1) is 34.6. The van der Waals surface area contributed by atoms with E-state index < -0.39 is 52.3 Å². The van der Waals surface area contributed by atoms with Gasteiger partial charge in [0, 0.05) is 25.1 Å². The highest BCUT2D eigenvalue weighted by atomic mass is 16.6. The monoisotopic (exact) mass is 629 g/mol. The van der Waals surface area contributed by atoms with Crippen LogP contribution >= 0.6 is 0 Å². The molecule has 14 nitrogen and oxygen atoms in total. The maximum absolute atomic E-state index is 13.5. The molecule has 0 heterocycles. The maximum Gasteiger partial charge on any atom is 0.417 e. The normalized spacial score (nSPS) is 16.1. The van der Waals surface area contributed by atoms with Gasteiger partial charge in [0.05, 0.1) is 31.3 Å². The third-order valence-electron chi connectivity index (χ3n) is 6.90. The molecule has 1 aliphatic carbocycles. The number of hydrogen-bond acceptors (Lipinski definition) is 11. The van der Waals surface area contributed by atoms with Crippen LogP contribution in [0.1, 0.15) is 62.4 Å². The van der Waals surface area contributed by atoms with Gasteiger partial charge in [-0.2, -0.15) is 0 Å². The van der Waals surface area contributed by atoms with E-state index >= 15 is 0 Å². The lowest BCUT2D eigenvalue weighted by atomic mass is 9.86. The van der Waals surface area contributed by atoms with Gasteiger partial charge in [0.1, 0.15) is 17.8 Å². The van der Waals surface area contributed by atoms with Gasteiger partial charge in [0.15, 0.2) is 11.5 Å². The summed E-state index contributed by atoms with van der Waals surface area (Å²) in [5, 5.41) is 14.0. The van der Waals surface area contributed by atoms with Gasteiger partial charge in [-0.3, -0.25) is 14.9 Å². The van der Waals surface area contributed by atoms with E-state index in [1.54, 1.807) is 20.8 Å².